The second-order valence-corrected chi connectivity index (χ2v) is 8.47. The van der Waals surface area contributed by atoms with Gasteiger partial charge in [-0.3, -0.25) is 24.1 Å². The molecule has 4 heterocycles. The Bertz CT molecular complexity index is 1520. The van der Waals surface area contributed by atoms with Crippen molar-refractivity contribution in [3.05, 3.63) is 100 Å². The monoisotopic (exact) mass is 486 g/mol. The van der Waals surface area contributed by atoms with Gasteiger partial charge in [0.15, 0.2) is 5.76 Å². The minimum atomic E-state index is -0.999. The van der Waals surface area contributed by atoms with Crippen molar-refractivity contribution in [1.82, 2.24) is 23.8 Å². The predicted molar refractivity (Wildman–Crippen MR) is 129 cm³/mol. The van der Waals surface area contributed by atoms with Crippen LogP contribution in [0.2, 0.25) is 0 Å². The van der Waals surface area contributed by atoms with Gasteiger partial charge in [-0.25, -0.2) is 9.97 Å². The number of Topliss-reactive ketones (excluding diaryl/α,β-unsaturated/α-hetero) is 1. The van der Waals surface area contributed by atoms with Crippen LogP contribution < -0.4 is 0 Å². The molecule has 0 bridgehead atoms. The van der Waals surface area contributed by atoms with Gasteiger partial charge in [0.25, 0.3) is 17.4 Å². The van der Waals surface area contributed by atoms with Crippen LogP contribution in [0.25, 0.3) is 11.4 Å². The molecule has 5 rings (SSSR count). The maximum atomic E-state index is 13.3. The van der Waals surface area contributed by atoms with E-state index in [-0.39, 0.29) is 29.3 Å². The number of amides is 1. The number of hydrogen-bond donors (Lipinski definition) is 1. The number of imidazole rings is 2. The molecule has 0 radical (unpaired) electrons. The van der Waals surface area contributed by atoms with Crippen molar-refractivity contribution in [2.45, 2.75) is 25.9 Å². The van der Waals surface area contributed by atoms with Gasteiger partial charge in [0.1, 0.15) is 11.3 Å². The molecule has 1 atom stereocenters. The fourth-order valence-corrected chi connectivity index (χ4v) is 4.63. The lowest BCUT2D eigenvalue weighted by molar-refractivity contribution is -0.384. The van der Waals surface area contributed by atoms with Gasteiger partial charge in [0, 0.05) is 43.8 Å². The lowest BCUT2D eigenvalue weighted by Crippen LogP contribution is -2.31. The lowest BCUT2D eigenvalue weighted by atomic mass is 9.96. The first-order valence-electron chi connectivity index (χ1n) is 11.3. The minimum Gasteiger partial charge on any atom is -0.505 e. The number of ketones is 1. The third kappa shape index (κ3) is 3.90. The summed E-state index contributed by atoms with van der Waals surface area (Å²) in [4.78, 5) is 47.2. The van der Waals surface area contributed by atoms with Crippen molar-refractivity contribution in [2.24, 2.45) is 0 Å². The highest BCUT2D eigenvalue weighted by molar-refractivity contribution is 6.46. The lowest BCUT2D eigenvalue weighted by Gasteiger charge is -2.25. The number of pyridine rings is 1. The summed E-state index contributed by atoms with van der Waals surface area (Å²) in [7, 11) is 0. The molecule has 182 valence electrons. The molecule has 0 aliphatic carbocycles. The molecule has 4 aromatic rings. The van der Waals surface area contributed by atoms with Crippen LogP contribution in [0.4, 0.5) is 5.69 Å². The normalized spacial score (nSPS) is 17.2. The second kappa shape index (κ2) is 9.10. The first-order valence-corrected chi connectivity index (χ1v) is 11.3. The van der Waals surface area contributed by atoms with Crippen molar-refractivity contribution >= 4 is 28.8 Å². The summed E-state index contributed by atoms with van der Waals surface area (Å²) in [5.41, 5.74) is 1.39. The molecular formula is C25H22N6O5. The average molecular weight is 486 g/mol. The van der Waals surface area contributed by atoms with E-state index in [0.29, 0.717) is 29.9 Å². The molecule has 1 unspecified atom stereocenters. The Labute approximate surface area is 205 Å². The van der Waals surface area contributed by atoms with Crippen LogP contribution in [0.3, 0.4) is 0 Å². The van der Waals surface area contributed by atoms with E-state index in [0.717, 1.165) is 0 Å². The summed E-state index contributed by atoms with van der Waals surface area (Å²) in [6.07, 6.45) is 7.30. The number of likely N-dealkylation sites (tertiary alicyclic amines) is 1. The summed E-state index contributed by atoms with van der Waals surface area (Å²) in [5, 5.41) is 22.9. The van der Waals surface area contributed by atoms with Gasteiger partial charge in [0.2, 0.25) is 0 Å². The molecule has 1 fully saturated rings. The van der Waals surface area contributed by atoms with Crippen LogP contribution in [0.15, 0.2) is 73.0 Å². The van der Waals surface area contributed by atoms with Crippen LogP contribution in [0.1, 0.15) is 29.4 Å². The highest BCUT2D eigenvalue weighted by Gasteiger charge is 2.46. The number of hydrogen-bond acceptors (Lipinski definition) is 7. The van der Waals surface area contributed by atoms with Crippen LogP contribution in [-0.4, -0.2) is 52.1 Å². The Morgan fingerprint density at radius 3 is 2.72 bits per heavy atom. The molecular weight excluding hydrogens is 464 g/mol. The Hall–Kier alpha value is -4.80. The maximum Gasteiger partial charge on any atom is 0.295 e. The van der Waals surface area contributed by atoms with Crippen molar-refractivity contribution in [3.63, 3.8) is 0 Å². The van der Waals surface area contributed by atoms with Crippen molar-refractivity contribution in [3.8, 4) is 0 Å². The summed E-state index contributed by atoms with van der Waals surface area (Å²) in [6, 6.07) is 10.1. The zero-order valence-corrected chi connectivity index (χ0v) is 19.3. The van der Waals surface area contributed by atoms with Gasteiger partial charge in [-0.2, -0.15) is 0 Å². The van der Waals surface area contributed by atoms with E-state index < -0.39 is 22.7 Å². The largest absolute Gasteiger partial charge is 0.505 e. The SMILES string of the molecule is Cc1nc2ccccn2c1/C(O)=C1\C(=O)C(=O)N(CCCn2ccnc2)C1c1cccc([N+](=O)[O-])c1. The van der Waals surface area contributed by atoms with Gasteiger partial charge in [-0.15, -0.1) is 0 Å². The zero-order chi connectivity index (χ0) is 25.4. The molecule has 1 aliphatic rings. The Morgan fingerprint density at radius 1 is 1.14 bits per heavy atom. The van der Waals surface area contributed by atoms with E-state index in [2.05, 4.69) is 9.97 Å². The van der Waals surface area contributed by atoms with Gasteiger partial charge in [-0.05, 0) is 31.0 Å². The Morgan fingerprint density at radius 2 is 1.97 bits per heavy atom. The topological polar surface area (TPSA) is 136 Å². The molecule has 1 amide bonds. The third-order valence-corrected chi connectivity index (χ3v) is 6.24. The molecule has 1 N–H and O–H groups in total. The fourth-order valence-electron chi connectivity index (χ4n) is 4.63. The Kier molecular flexibility index (Phi) is 5.80. The molecule has 11 heteroatoms. The number of nitrogens with zero attached hydrogens (tertiary/aromatic N) is 6. The highest BCUT2D eigenvalue weighted by atomic mass is 16.6. The molecule has 0 spiro atoms. The van der Waals surface area contributed by atoms with Crippen LogP contribution in [-0.2, 0) is 16.1 Å². The van der Waals surface area contributed by atoms with E-state index in [1.54, 1.807) is 60.5 Å². The average Bonchev–Trinajstić information content (AvgIpc) is 3.56. The fraction of sp³-hybridized carbons (Fsp3) is 0.200. The van der Waals surface area contributed by atoms with Crippen LogP contribution >= 0.6 is 0 Å². The maximum absolute atomic E-state index is 13.3. The summed E-state index contributed by atoms with van der Waals surface area (Å²) in [6.45, 7) is 2.45. The molecule has 1 aromatic carbocycles. The van der Waals surface area contributed by atoms with E-state index in [1.165, 1.54) is 23.1 Å². The van der Waals surface area contributed by atoms with Gasteiger partial charge >= 0.3 is 0 Å². The van der Waals surface area contributed by atoms with Crippen molar-refractivity contribution < 1.29 is 19.6 Å². The predicted octanol–water partition coefficient (Wildman–Crippen LogP) is 3.26. The number of nitro groups is 1. The number of fused-ring (bicyclic) bond motifs is 1. The highest BCUT2D eigenvalue weighted by Crippen LogP contribution is 2.40. The number of aliphatic hydroxyl groups is 1. The van der Waals surface area contributed by atoms with Crippen LogP contribution in [0, 0.1) is 17.0 Å². The number of rotatable bonds is 7. The smallest absolute Gasteiger partial charge is 0.295 e. The first kappa shape index (κ1) is 23.0. The van der Waals surface area contributed by atoms with E-state index >= 15 is 0 Å². The van der Waals surface area contributed by atoms with Gasteiger partial charge < -0.3 is 14.6 Å². The zero-order valence-electron chi connectivity index (χ0n) is 19.3. The number of aliphatic hydroxyl groups excluding tert-OH is 1. The molecule has 3 aromatic heterocycles. The summed E-state index contributed by atoms with van der Waals surface area (Å²) >= 11 is 0. The van der Waals surface area contributed by atoms with E-state index in [1.807, 2.05) is 4.57 Å². The number of benzene rings is 1. The molecule has 11 nitrogen and oxygen atoms in total. The number of carbonyl (C=O) groups excluding carboxylic acids is 2. The number of carbonyl (C=O) groups is 2. The van der Waals surface area contributed by atoms with Crippen molar-refractivity contribution in [2.75, 3.05) is 6.54 Å². The number of non-ortho nitro benzene ring substituents is 1. The first-order chi connectivity index (χ1) is 17.4. The van der Waals surface area contributed by atoms with Gasteiger partial charge in [-0.1, -0.05) is 18.2 Å². The quantitative estimate of drug-likeness (QED) is 0.139. The second-order valence-electron chi connectivity index (χ2n) is 8.47. The molecule has 0 saturated carbocycles. The van der Waals surface area contributed by atoms with Crippen molar-refractivity contribution in [1.29, 1.82) is 0 Å². The molecule has 1 saturated heterocycles. The molecule has 1 aliphatic heterocycles. The van der Waals surface area contributed by atoms with E-state index in [4.69, 9.17) is 0 Å². The number of nitro benzene ring substituents is 1. The number of aryl methyl sites for hydroxylation is 2. The summed E-state index contributed by atoms with van der Waals surface area (Å²) in [5.74, 6) is -2.00. The summed E-state index contributed by atoms with van der Waals surface area (Å²) < 4.78 is 3.49. The number of aromatic nitrogens is 4. The molecule has 36 heavy (non-hydrogen) atoms. The van der Waals surface area contributed by atoms with E-state index in [9.17, 15) is 24.8 Å². The minimum absolute atomic E-state index is 0.128. The Balaban J connectivity index is 1.63. The third-order valence-electron chi connectivity index (χ3n) is 6.24. The van der Waals surface area contributed by atoms with Crippen LogP contribution in [0.5, 0.6) is 0 Å². The van der Waals surface area contributed by atoms with Gasteiger partial charge in [0.05, 0.1) is 28.6 Å². The standard InChI is InChI=1S/C25H22N6O5/c1-16-21(29-11-3-2-8-19(29)27-16)23(32)20-22(17-6-4-7-18(14-17)31(35)36)30(25(34)24(20)33)12-5-10-28-13-9-26-15-28/h2-4,6-9,11,13-15,22,32H,5,10,12H2,1H3/b23-20+.